The Kier molecular flexibility index (Phi) is 6.29. The number of hydrogen-bond acceptors (Lipinski definition) is 3. The number of H-pyrrole nitrogens is 1. The summed E-state index contributed by atoms with van der Waals surface area (Å²) in [6, 6.07) is 13.2. The van der Waals surface area contributed by atoms with E-state index in [-0.39, 0.29) is 18.0 Å². The average Bonchev–Trinajstić information content (AvgIpc) is 3.16. The van der Waals surface area contributed by atoms with Crippen LogP contribution in [-0.2, 0) is 4.79 Å². The van der Waals surface area contributed by atoms with Gasteiger partial charge in [-0.25, -0.2) is 9.78 Å². The summed E-state index contributed by atoms with van der Waals surface area (Å²) >= 11 is 0. The number of para-hydroxylation sites is 1. The molecule has 2 aromatic heterocycles. The smallest absolute Gasteiger partial charge is 0.320 e. The standard InChI is InChI=1S/C22H25N5O2/c1-4-23-22(29)26-20-11-9-16(14-24-20)10-12-21(28)27(3)15(2)19-13-17-7-5-6-8-18(17)25-19/h5-15,25H,4H2,1-3H3,(H2,23,24,26,29)/b12-10+. The molecular formula is C22H25N5O2. The van der Waals surface area contributed by atoms with Crippen LogP contribution >= 0.6 is 0 Å². The minimum atomic E-state index is -0.300. The molecule has 0 spiro atoms. The molecule has 0 saturated carbocycles. The summed E-state index contributed by atoms with van der Waals surface area (Å²) in [4.78, 5) is 33.3. The van der Waals surface area contributed by atoms with Crippen molar-refractivity contribution in [3.63, 3.8) is 0 Å². The van der Waals surface area contributed by atoms with Crippen LogP contribution in [0.2, 0.25) is 0 Å². The van der Waals surface area contributed by atoms with Gasteiger partial charge in [0.25, 0.3) is 0 Å². The Bertz CT molecular complexity index is 990. The van der Waals surface area contributed by atoms with Gasteiger partial charge >= 0.3 is 6.03 Å². The van der Waals surface area contributed by atoms with E-state index < -0.39 is 0 Å². The Morgan fingerprint density at radius 2 is 2.03 bits per heavy atom. The maximum Gasteiger partial charge on any atom is 0.320 e. The molecule has 3 aromatic rings. The Morgan fingerprint density at radius 1 is 1.24 bits per heavy atom. The largest absolute Gasteiger partial charge is 0.357 e. The van der Waals surface area contributed by atoms with Crippen molar-refractivity contribution in [1.29, 1.82) is 0 Å². The van der Waals surface area contributed by atoms with E-state index in [1.165, 1.54) is 6.08 Å². The molecule has 0 saturated heterocycles. The molecule has 0 bridgehead atoms. The Hall–Kier alpha value is -3.61. The second-order valence-electron chi connectivity index (χ2n) is 6.73. The van der Waals surface area contributed by atoms with Crippen LogP contribution in [0, 0.1) is 0 Å². The van der Waals surface area contributed by atoms with Crippen LogP contribution in [0.15, 0.2) is 54.7 Å². The van der Waals surface area contributed by atoms with E-state index in [2.05, 4.69) is 26.7 Å². The molecule has 3 rings (SSSR count). The molecule has 3 amide bonds. The summed E-state index contributed by atoms with van der Waals surface area (Å²) in [6.07, 6.45) is 4.83. The number of pyridine rings is 1. The molecule has 7 nitrogen and oxygen atoms in total. The number of carbonyl (C=O) groups is 2. The average molecular weight is 391 g/mol. The van der Waals surface area contributed by atoms with E-state index in [4.69, 9.17) is 0 Å². The lowest BCUT2D eigenvalue weighted by Gasteiger charge is -2.22. The first kappa shape index (κ1) is 20.1. The molecule has 0 fully saturated rings. The molecule has 1 aromatic carbocycles. The third-order valence-corrected chi connectivity index (χ3v) is 4.71. The molecular weight excluding hydrogens is 366 g/mol. The summed E-state index contributed by atoms with van der Waals surface area (Å²) < 4.78 is 0. The van der Waals surface area contributed by atoms with Crippen LogP contribution in [0.3, 0.4) is 0 Å². The number of nitrogens with one attached hydrogen (secondary N) is 3. The highest BCUT2D eigenvalue weighted by atomic mass is 16.2. The number of urea groups is 1. The number of nitrogens with zero attached hydrogens (tertiary/aromatic N) is 2. The van der Waals surface area contributed by atoms with Crippen molar-refractivity contribution in [2.75, 3.05) is 18.9 Å². The maximum absolute atomic E-state index is 12.6. The first-order chi connectivity index (χ1) is 14.0. The SMILES string of the molecule is CCNC(=O)Nc1ccc(/C=C/C(=O)N(C)C(C)c2cc3ccccc3[nH]2)cn1. The van der Waals surface area contributed by atoms with Gasteiger partial charge in [0.15, 0.2) is 0 Å². The van der Waals surface area contributed by atoms with E-state index in [1.54, 1.807) is 36.4 Å². The molecule has 1 unspecified atom stereocenters. The summed E-state index contributed by atoms with van der Waals surface area (Å²) in [6.45, 7) is 4.37. The van der Waals surface area contributed by atoms with Gasteiger partial charge in [-0.15, -0.1) is 0 Å². The Morgan fingerprint density at radius 3 is 2.72 bits per heavy atom. The molecule has 150 valence electrons. The number of fused-ring (bicyclic) bond motifs is 1. The minimum Gasteiger partial charge on any atom is -0.357 e. The fraction of sp³-hybridized carbons (Fsp3) is 0.227. The van der Waals surface area contributed by atoms with Gasteiger partial charge in [-0.2, -0.15) is 0 Å². The predicted molar refractivity (Wildman–Crippen MR) is 115 cm³/mol. The van der Waals surface area contributed by atoms with E-state index >= 15 is 0 Å². The molecule has 7 heteroatoms. The normalized spacial score (nSPS) is 12.1. The first-order valence-electron chi connectivity index (χ1n) is 9.51. The van der Waals surface area contributed by atoms with Crippen LogP contribution in [0.1, 0.15) is 31.1 Å². The topological polar surface area (TPSA) is 90.1 Å². The van der Waals surface area contributed by atoms with Crippen LogP contribution in [0.25, 0.3) is 17.0 Å². The molecule has 0 aliphatic heterocycles. The van der Waals surface area contributed by atoms with Gasteiger partial charge < -0.3 is 15.2 Å². The number of likely N-dealkylation sites (N-methyl/N-ethyl adjacent to an activating group) is 1. The zero-order valence-corrected chi connectivity index (χ0v) is 16.8. The molecule has 0 aliphatic carbocycles. The van der Waals surface area contributed by atoms with Crippen LogP contribution in [0.5, 0.6) is 0 Å². The zero-order chi connectivity index (χ0) is 20.8. The van der Waals surface area contributed by atoms with Gasteiger partial charge in [0.1, 0.15) is 5.82 Å². The number of rotatable bonds is 6. The van der Waals surface area contributed by atoms with Crippen molar-refractivity contribution in [2.24, 2.45) is 0 Å². The van der Waals surface area contributed by atoms with E-state index in [9.17, 15) is 9.59 Å². The fourth-order valence-corrected chi connectivity index (χ4v) is 2.90. The number of hydrogen-bond donors (Lipinski definition) is 3. The van der Waals surface area contributed by atoms with Crippen LogP contribution in [-0.4, -0.2) is 40.4 Å². The van der Waals surface area contributed by atoms with Crippen molar-refractivity contribution < 1.29 is 9.59 Å². The highest BCUT2D eigenvalue weighted by molar-refractivity contribution is 5.92. The molecule has 2 heterocycles. The second kappa shape index (κ2) is 9.05. The highest BCUT2D eigenvalue weighted by Crippen LogP contribution is 2.23. The van der Waals surface area contributed by atoms with Crippen molar-refractivity contribution in [2.45, 2.75) is 19.9 Å². The molecule has 1 atom stereocenters. The molecule has 29 heavy (non-hydrogen) atoms. The van der Waals surface area contributed by atoms with E-state index in [0.29, 0.717) is 12.4 Å². The third kappa shape index (κ3) is 5.01. The Balaban J connectivity index is 1.62. The predicted octanol–water partition coefficient (Wildman–Crippen LogP) is 3.94. The van der Waals surface area contributed by atoms with E-state index in [1.807, 2.05) is 38.1 Å². The number of aromatic nitrogens is 2. The van der Waals surface area contributed by atoms with Gasteiger partial charge in [-0.1, -0.05) is 18.2 Å². The van der Waals surface area contributed by atoms with Gasteiger partial charge in [-0.3, -0.25) is 10.1 Å². The maximum atomic E-state index is 12.6. The lowest BCUT2D eigenvalue weighted by molar-refractivity contribution is -0.126. The van der Waals surface area contributed by atoms with Crippen molar-refractivity contribution >= 4 is 34.7 Å². The van der Waals surface area contributed by atoms with Crippen LogP contribution < -0.4 is 10.6 Å². The Labute approximate surface area is 169 Å². The van der Waals surface area contributed by atoms with Crippen molar-refractivity contribution in [3.05, 3.63) is 66.0 Å². The van der Waals surface area contributed by atoms with Gasteiger partial charge in [0, 0.05) is 37.1 Å². The number of anilines is 1. The summed E-state index contributed by atoms with van der Waals surface area (Å²) in [5, 5.41) is 6.39. The number of amides is 3. The minimum absolute atomic E-state index is 0.0960. The third-order valence-electron chi connectivity index (χ3n) is 4.71. The van der Waals surface area contributed by atoms with E-state index in [0.717, 1.165) is 22.2 Å². The fourth-order valence-electron chi connectivity index (χ4n) is 2.90. The molecule has 3 N–H and O–H groups in total. The monoisotopic (exact) mass is 391 g/mol. The quantitative estimate of drug-likeness (QED) is 0.556. The summed E-state index contributed by atoms with van der Waals surface area (Å²) in [5.41, 5.74) is 2.81. The number of carbonyl (C=O) groups excluding carboxylic acids is 2. The van der Waals surface area contributed by atoms with Gasteiger partial charge in [-0.05, 0) is 55.1 Å². The lowest BCUT2D eigenvalue weighted by atomic mass is 10.2. The zero-order valence-electron chi connectivity index (χ0n) is 16.8. The van der Waals surface area contributed by atoms with Crippen molar-refractivity contribution in [1.82, 2.24) is 20.2 Å². The van der Waals surface area contributed by atoms with Crippen LogP contribution in [0.4, 0.5) is 10.6 Å². The summed E-state index contributed by atoms with van der Waals surface area (Å²) in [5.74, 6) is 0.338. The van der Waals surface area contributed by atoms with Gasteiger partial charge in [0.05, 0.1) is 6.04 Å². The summed E-state index contributed by atoms with van der Waals surface area (Å²) in [7, 11) is 1.78. The number of benzene rings is 1. The molecule has 0 radical (unpaired) electrons. The van der Waals surface area contributed by atoms with Crippen molar-refractivity contribution in [3.8, 4) is 0 Å². The first-order valence-corrected chi connectivity index (χ1v) is 9.51. The molecule has 0 aliphatic rings. The number of aromatic amines is 1. The van der Waals surface area contributed by atoms with Gasteiger partial charge in [0.2, 0.25) is 5.91 Å². The lowest BCUT2D eigenvalue weighted by Crippen LogP contribution is -2.28. The highest BCUT2D eigenvalue weighted by Gasteiger charge is 2.17. The second-order valence-corrected chi connectivity index (χ2v) is 6.73.